The molecule has 1 aliphatic rings. The van der Waals surface area contributed by atoms with Crippen LogP contribution >= 0.6 is 23.2 Å². The molecule has 2 aromatic rings. The smallest absolute Gasteiger partial charge is 0.422 e. The van der Waals surface area contributed by atoms with Crippen LogP contribution in [0, 0.1) is 5.92 Å². The Morgan fingerprint density at radius 3 is 2.58 bits per heavy atom. The first kappa shape index (κ1) is 23.1. The molecule has 12 heteroatoms. The lowest BCUT2D eigenvalue weighted by molar-refractivity contribution is -0.154. The topological polar surface area (TPSA) is 85.7 Å². The molecule has 1 amide bonds. The van der Waals surface area contributed by atoms with Gasteiger partial charge in [0.25, 0.3) is 5.91 Å². The zero-order valence-electron chi connectivity index (χ0n) is 16.2. The maximum atomic E-state index is 12.6. The van der Waals surface area contributed by atoms with Crippen LogP contribution in [0.3, 0.4) is 0 Å². The van der Waals surface area contributed by atoms with Gasteiger partial charge in [-0.15, -0.1) is 10.2 Å². The van der Waals surface area contributed by atoms with E-state index >= 15 is 0 Å². The number of oxime groups is 1. The van der Waals surface area contributed by atoms with E-state index in [1.807, 2.05) is 0 Å². The maximum absolute atomic E-state index is 12.6. The fourth-order valence-corrected chi connectivity index (χ4v) is 2.96. The molecule has 0 saturated heterocycles. The summed E-state index contributed by atoms with van der Waals surface area (Å²) < 4.78 is 42.6. The molecule has 1 fully saturated rings. The minimum atomic E-state index is -4.58. The Labute approximate surface area is 185 Å². The summed E-state index contributed by atoms with van der Waals surface area (Å²) in [4.78, 5) is 17.3. The van der Waals surface area contributed by atoms with Crippen LogP contribution in [-0.4, -0.2) is 48.3 Å². The molecule has 1 N–H and O–H groups in total. The zero-order chi connectivity index (χ0) is 22.6. The lowest BCUT2D eigenvalue weighted by atomic mass is 10.1. The second-order valence-electron chi connectivity index (χ2n) is 6.70. The maximum Gasteiger partial charge on any atom is 0.422 e. The van der Waals surface area contributed by atoms with Crippen molar-refractivity contribution >= 4 is 34.8 Å². The van der Waals surface area contributed by atoms with E-state index < -0.39 is 24.6 Å². The molecule has 0 atom stereocenters. The zero-order valence-corrected chi connectivity index (χ0v) is 17.7. The number of hydrogen-bond donors (Lipinski definition) is 1. The van der Waals surface area contributed by atoms with E-state index in [4.69, 9.17) is 32.8 Å². The number of nitrogens with zero attached hydrogens (tertiary/aromatic N) is 3. The molecule has 1 saturated carbocycles. The SMILES string of the molecule is CON=C(CNC(=O)c1cc(-c2ccc(Cl)c(Cl)c2)c(OCC(F)(F)F)nn1)C1CC1. The Hall–Kier alpha value is -2.59. The summed E-state index contributed by atoms with van der Waals surface area (Å²) in [6.07, 6.45) is -2.65. The lowest BCUT2D eigenvalue weighted by Gasteiger charge is -2.13. The predicted molar refractivity (Wildman–Crippen MR) is 109 cm³/mol. The molecule has 0 unspecified atom stereocenters. The average Bonchev–Trinajstić information content (AvgIpc) is 3.56. The molecular weight excluding hydrogens is 460 g/mol. The van der Waals surface area contributed by atoms with Crippen molar-refractivity contribution < 1.29 is 27.5 Å². The van der Waals surface area contributed by atoms with Crippen molar-refractivity contribution in [3.63, 3.8) is 0 Å². The quantitative estimate of drug-likeness (QED) is 0.446. The van der Waals surface area contributed by atoms with Crippen molar-refractivity contribution in [3.05, 3.63) is 40.0 Å². The summed E-state index contributed by atoms with van der Waals surface area (Å²) in [6.45, 7) is -1.42. The second-order valence-corrected chi connectivity index (χ2v) is 7.52. The highest BCUT2D eigenvalue weighted by atomic mass is 35.5. The molecule has 0 spiro atoms. The van der Waals surface area contributed by atoms with Gasteiger partial charge < -0.3 is 14.9 Å². The monoisotopic (exact) mass is 476 g/mol. The van der Waals surface area contributed by atoms with Crippen LogP contribution in [0.1, 0.15) is 23.3 Å². The summed E-state index contributed by atoms with van der Waals surface area (Å²) >= 11 is 11.9. The third kappa shape index (κ3) is 6.44. The molecule has 1 aromatic heterocycles. The summed E-state index contributed by atoms with van der Waals surface area (Å²) in [6, 6.07) is 5.69. The van der Waals surface area contributed by atoms with Gasteiger partial charge in [0.05, 0.1) is 22.3 Å². The van der Waals surface area contributed by atoms with Crippen LogP contribution in [0.4, 0.5) is 13.2 Å². The van der Waals surface area contributed by atoms with E-state index in [1.54, 1.807) is 0 Å². The van der Waals surface area contributed by atoms with Crippen molar-refractivity contribution in [2.24, 2.45) is 11.1 Å². The van der Waals surface area contributed by atoms with Crippen LogP contribution in [-0.2, 0) is 4.84 Å². The number of alkyl halides is 3. The van der Waals surface area contributed by atoms with Gasteiger partial charge in [-0.25, -0.2) is 0 Å². The van der Waals surface area contributed by atoms with Crippen LogP contribution in [0.15, 0.2) is 29.4 Å². The Kier molecular flexibility index (Phi) is 7.22. The number of amides is 1. The third-order valence-electron chi connectivity index (χ3n) is 4.28. The van der Waals surface area contributed by atoms with Gasteiger partial charge in [-0.05, 0) is 36.6 Å². The predicted octanol–water partition coefficient (Wildman–Crippen LogP) is 4.53. The molecule has 0 radical (unpaired) electrons. The van der Waals surface area contributed by atoms with Gasteiger partial charge in [-0.2, -0.15) is 13.2 Å². The van der Waals surface area contributed by atoms with Gasteiger partial charge in [0.15, 0.2) is 12.3 Å². The van der Waals surface area contributed by atoms with Crippen LogP contribution in [0.2, 0.25) is 10.0 Å². The molecule has 0 aliphatic heterocycles. The fourth-order valence-electron chi connectivity index (χ4n) is 2.67. The van der Waals surface area contributed by atoms with Crippen LogP contribution in [0.25, 0.3) is 11.1 Å². The Morgan fingerprint density at radius 1 is 1.23 bits per heavy atom. The van der Waals surface area contributed by atoms with Crippen molar-refractivity contribution in [3.8, 4) is 17.0 Å². The van der Waals surface area contributed by atoms with E-state index in [0.717, 1.165) is 12.8 Å². The van der Waals surface area contributed by atoms with Gasteiger partial charge in [0.2, 0.25) is 5.88 Å². The lowest BCUT2D eigenvalue weighted by Crippen LogP contribution is -2.31. The van der Waals surface area contributed by atoms with Gasteiger partial charge in [0.1, 0.15) is 7.11 Å². The van der Waals surface area contributed by atoms with E-state index in [1.165, 1.54) is 31.4 Å². The van der Waals surface area contributed by atoms with Gasteiger partial charge in [-0.1, -0.05) is 34.4 Å². The summed E-state index contributed by atoms with van der Waals surface area (Å²) in [5, 5.41) is 14.4. The van der Waals surface area contributed by atoms with Crippen molar-refractivity contribution in [1.29, 1.82) is 0 Å². The Balaban J connectivity index is 1.86. The van der Waals surface area contributed by atoms with E-state index in [-0.39, 0.29) is 33.8 Å². The molecule has 1 heterocycles. The van der Waals surface area contributed by atoms with Gasteiger partial charge >= 0.3 is 6.18 Å². The number of ether oxygens (including phenoxy) is 1. The molecule has 1 aliphatic carbocycles. The summed E-state index contributed by atoms with van der Waals surface area (Å²) in [7, 11) is 1.42. The number of carbonyl (C=O) groups is 1. The van der Waals surface area contributed by atoms with Gasteiger partial charge in [0, 0.05) is 11.5 Å². The molecular formula is C19H17Cl2F3N4O3. The van der Waals surface area contributed by atoms with Crippen molar-refractivity contribution in [2.45, 2.75) is 19.0 Å². The number of hydrogen-bond acceptors (Lipinski definition) is 6. The average molecular weight is 477 g/mol. The molecule has 7 nitrogen and oxygen atoms in total. The van der Waals surface area contributed by atoms with Crippen LogP contribution in [0.5, 0.6) is 5.88 Å². The highest BCUT2D eigenvalue weighted by Crippen LogP contribution is 2.34. The largest absolute Gasteiger partial charge is 0.467 e. The number of rotatable bonds is 8. The first-order valence-corrected chi connectivity index (χ1v) is 9.84. The molecule has 0 bridgehead atoms. The molecule has 166 valence electrons. The Morgan fingerprint density at radius 2 is 1.97 bits per heavy atom. The number of benzene rings is 1. The van der Waals surface area contributed by atoms with Crippen molar-refractivity contribution in [1.82, 2.24) is 15.5 Å². The standard InChI is InChI=1S/C19H17Cl2F3N4O3/c1-30-28-16(10-2-3-10)8-25-17(29)15-7-12(11-4-5-13(20)14(21)6-11)18(27-26-15)31-9-19(22,23)24/h4-7,10H,2-3,8-9H2,1H3,(H,25,29). The number of carbonyl (C=O) groups excluding carboxylic acids is 1. The number of halogens is 5. The van der Waals surface area contributed by atoms with E-state index in [0.29, 0.717) is 11.3 Å². The molecule has 31 heavy (non-hydrogen) atoms. The summed E-state index contributed by atoms with van der Waals surface area (Å²) in [5.74, 6) is -0.719. The second kappa shape index (κ2) is 9.69. The molecule has 1 aromatic carbocycles. The van der Waals surface area contributed by atoms with E-state index in [9.17, 15) is 18.0 Å². The first-order valence-electron chi connectivity index (χ1n) is 9.08. The van der Waals surface area contributed by atoms with Gasteiger partial charge in [-0.3, -0.25) is 4.79 Å². The number of aromatic nitrogens is 2. The molecule has 3 rings (SSSR count). The first-order chi connectivity index (χ1) is 14.7. The highest BCUT2D eigenvalue weighted by molar-refractivity contribution is 6.42. The fraction of sp³-hybridized carbons (Fsp3) is 0.368. The minimum absolute atomic E-state index is 0.107. The van der Waals surface area contributed by atoms with Crippen molar-refractivity contribution in [2.75, 3.05) is 20.3 Å². The van der Waals surface area contributed by atoms with Crippen LogP contribution < -0.4 is 10.1 Å². The normalized spacial score (nSPS) is 14.3. The third-order valence-corrected chi connectivity index (χ3v) is 5.02. The Bertz CT molecular complexity index is 998. The highest BCUT2D eigenvalue weighted by Gasteiger charge is 2.30. The number of nitrogens with one attached hydrogen (secondary N) is 1. The van der Waals surface area contributed by atoms with E-state index in [2.05, 4.69) is 20.7 Å². The minimum Gasteiger partial charge on any atom is -0.467 e. The summed E-state index contributed by atoms with van der Waals surface area (Å²) in [5.41, 5.74) is 1.04.